The summed E-state index contributed by atoms with van der Waals surface area (Å²) < 4.78 is 3.82. The van der Waals surface area contributed by atoms with Gasteiger partial charge in [-0.3, -0.25) is 0 Å². The number of benzene rings is 1. The Bertz CT molecular complexity index is 451. The zero-order chi connectivity index (χ0) is 9.80. The summed E-state index contributed by atoms with van der Waals surface area (Å²) in [6.45, 7) is 0.389. The van der Waals surface area contributed by atoms with E-state index in [0.717, 1.165) is 5.69 Å². The van der Waals surface area contributed by atoms with Gasteiger partial charge in [-0.05, 0) is 12.1 Å². The van der Waals surface area contributed by atoms with Gasteiger partial charge in [-0.2, -0.15) is 5.26 Å². The van der Waals surface area contributed by atoms with E-state index >= 15 is 0 Å². The van der Waals surface area contributed by atoms with Gasteiger partial charge in [-0.1, -0.05) is 18.2 Å². The van der Waals surface area contributed by atoms with Crippen LogP contribution in [0.1, 0.15) is 0 Å². The second-order valence-electron chi connectivity index (χ2n) is 2.99. The third-order valence-corrected chi connectivity index (χ3v) is 2.00. The molecule has 1 aromatic heterocycles. The summed E-state index contributed by atoms with van der Waals surface area (Å²) in [5.74, 6) is 0. The van der Waals surface area contributed by atoms with E-state index in [-0.39, 0.29) is 0 Å². The largest absolute Gasteiger partial charge is 0.249 e. The summed E-state index contributed by atoms with van der Waals surface area (Å²) in [6.07, 6.45) is 5.72. The SMILES string of the molecule is N#CC[n+]1ccn(-c2ccccc2)c1. The molecule has 1 heterocycles. The van der Waals surface area contributed by atoms with Crippen LogP contribution in [0.2, 0.25) is 0 Å². The maximum atomic E-state index is 8.52. The first-order chi connectivity index (χ1) is 6.90. The van der Waals surface area contributed by atoms with E-state index in [0.29, 0.717) is 6.54 Å². The first-order valence-electron chi connectivity index (χ1n) is 4.39. The summed E-state index contributed by atoms with van der Waals surface area (Å²) in [4.78, 5) is 0. The van der Waals surface area contributed by atoms with E-state index in [9.17, 15) is 0 Å². The average Bonchev–Trinajstić information content (AvgIpc) is 2.68. The molecule has 2 aromatic rings. The molecule has 0 fully saturated rings. The number of nitriles is 1. The van der Waals surface area contributed by atoms with Crippen LogP contribution in [0.15, 0.2) is 49.1 Å². The van der Waals surface area contributed by atoms with E-state index < -0.39 is 0 Å². The van der Waals surface area contributed by atoms with Crippen LogP contribution in [0.3, 0.4) is 0 Å². The highest BCUT2D eigenvalue weighted by molar-refractivity contribution is 5.30. The Balaban J connectivity index is 2.31. The Morgan fingerprint density at radius 1 is 1.29 bits per heavy atom. The molecule has 0 spiro atoms. The standard InChI is InChI=1S/C11H10N3/c12-6-7-13-8-9-14(10-13)11-4-2-1-3-5-11/h1-5,8-10H,7H2/q+1. The van der Waals surface area contributed by atoms with Crippen molar-refractivity contribution in [1.29, 1.82) is 5.26 Å². The first kappa shape index (κ1) is 8.52. The third kappa shape index (κ3) is 1.64. The van der Waals surface area contributed by atoms with Crippen molar-refractivity contribution in [3.8, 4) is 11.8 Å². The molecule has 1 aromatic carbocycles. The van der Waals surface area contributed by atoms with Gasteiger partial charge in [0.25, 0.3) is 0 Å². The Morgan fingerprint density at radius 2 is 2.07 bits per heavy atom. The highest BCUT2D eigenvalue weighted by atomic mass is 15.1. The van der Waals surface area contributed by atoms with Crippen LogP contribution in [0.5, 0.6) is 0 Å². The van der Waals surface area contributed by atoms with Crippen molar-refractivity contribution in [2.75, 3.05) is 0 Å². The fourth-order valence-corrected chi connectivity index (χ4v) is 1.32. The monoisotopic (exact) mass is 184 g/mol. The van der Waals surface area contributed by atoms with Crippen molar-refractivity contribution in [2.24, 2.45) is 0 Å². The molecule has 3 nitrogen and oxygen atoms in total. The van der Waals surface area contributed by atoms with Gasteiger partial charge in [-0.15, -0.1) is 0 Å². The molecule has 0 aliphatic carbocycles. The number of nitrogens with zero attached hydrogens (tertiary/aromatic N) is 3. The fraction of sp³-hybridized carbons (Fsp3) is 0.0909. The van der Waals surface area contributed by atoms with Crippen LogP contribution in [0, 0.1) is 11.3 Å². The highest BCUT2D eigenvalue weighted by Gasteiger charge is 2.04. The summed E-state index contributed by atoms with van der Waals surface area (Å²) in [7, 11) is 0. The van der Waals surface area contributed by atoms with Gasteiger partial charge in [0.1, 0.15) is 24.2 Å². The number of imidazole rings is 1. The van der Waals surface area contributed by atoms with Crippen molar-refractivity contribution in [3.05, 3.63) is 49.1 Å². The zero-order valence-electron chi connectivity index (χ0n) is 7.67. The number of hydrogen-bond acceptors (Lipinski definition) is 1. The smallest absolute Gasteiger partial charge is 0.223 e. The van der Waals surface area contributed by atoms with E-state index in [2.05, 4.69) is 6.07 Å². The predicted octanol–water partition coefficient (Wildman–Crippen LogP) is 1.29. The summed E-state index contributed by atoms with van der Waals surface area (Å²) in [5.41, 5.74) is 1.10. The molecule has 0 N–H and O–H groups in total. The molecule has 0 atom stereocenters. The predicted molar refractivity (Wildman–Crippen MR) is 51.6 cm³/mol. The molecule has 0 saturated heterocycles. The fourth-order valence-electron chi connectivity index (χ4n) is 1.32. The molecule has 0 aliphatic heterocycles. The minimum Gasteiger partial charge on any atom is -0.223 e. The zero-order valence-corrected chi connectivity index (χ0v) is 7.67. The van der Waals surface area contributed by atoms with Gasteiger partial charge in [-0.25, -0.2) is 9.13 Å². The van der Waals surface area contributed by atoms with Crippen molar-refractivity contribution in [3.63, 3.8) is 0 Å². The number of para-hydroxylation sites is 1. The van der Waals surface area contributed by atoms with Gasteiger partial charge < -0.3 is 0 Å². The Hall–Kier alpha value is -2.08. The minimum atomic E-state index is 0.389. The van der Waals surface area contributed by atoms with Crippen molar-refractivity contribution in [2.45, 2.75) is 6.54 Å². The number of aromatic nitrogens is 2. The minimum absolute atomic E-state index is 0.389. The molecule has 14 heavy (non-hydrogen) atoms. The Labute approximate surface area is 82.5 Å². The second-order valence-corrected chi connectivity index (χ2v) is 2.99. The lowest BCUT2D eigenvalue weighted by atomic mass is 10.3. The topological polar surface area (TPSA) is 32.6 Å². The molecular formula is C11H10N3+. The van der Waals surface area contributed by atoms with Crippen LogP contribution < -0.4 is 4.57 Å². The van der Waals surface area contributed by atoms with E-state index in [1.807, 2.05) is 58.2 Å². The van der Waals surface area contributed by atoms with E-state index in [1.165, 1.54) is 0 Å². The van der Waals surface area contributed by atoms with Crippen molar-refractivity contribution >= 4 is 0 Å². The van der Waals surface area contributed by atoms with Crippen molar-refractivity contribution in [1.82, 2.24) is 4.57 Å². The van der Waals surface area contributed by atoms with Crippen LogP contribution in [0.25, 0.3) is 5.69 Å². The molecule has 0 unspecified atom stereocenters. The van der Waals surface area contributed by atoms with Crippen LogP contribution in [0.4, 0.5) is 0 Å². The van der Waals surface area contributed by atoms with Crippen molar-refractivity contribution < 1.29 is 4.57 Å². The lowest BCUT2D eigenvalue weighted by molar-refractivity contribution is -0.684. The normalized spacial score (nSPS) is 9.64. The second kappa shape index (κ2) is 3.75. The summed E-state index contributed by atoms with van der Waals surface area (Å²) in [6, 6.07) is 12.1. The molecule has 0 aliphatic rings. The lowest BCUT2D eigenvalue weighted by Crippen LogP contribution is -2.29. The van der Waals surface area contributed by atoms with Gasteiger partial charge in [0.05, 0.1) is 0 Å². The molecule has 0 radical (unpaired) electrons. The third-order valence-electron chi connectivity index (χ3n) is 2.00. The van der Waals surface area contributed by atoms with Crippen LogP contribution >= 0.6 is 0 Å². The molecular weight excluding hydrogens is 174 g/mol. The van der Waals surface area contributed by atoms with Gasteiger partial charge in [0.2, 0.25) is 6.33 Å². The maximum absolute atomic E-state index is 8.52. The van der Waals surface area contributed by atoms with Crippen LogP contribution in [-0.4, -0.2) is 4.57 Å². The number of rotatable bonds is 2. The van der Waals surface area contributed by atoms with E-state index in [1.54, 1.807) is 0 Å². The van der Waals surface area contributed by atoms with Gasteiger partial charge in [0, 0.05) is 0 Å². The quantitative estimate of drug-likeness (QED) is 0.647. The molecule has 0 bridgehead atoms. The van der Waals surface area contributed by atoms with Crippen LogP contribution in [-0.2, 0) is 6.54 Å². The molecule has 2 rings (SSSR count). The molecule has 0 amide bonds. The average molecular weight is 184 g/mol. The molecule has 68 valence electrons. The van der Waals surface area contributed by atoms with Gasteiger partial charge in [0.15, 0.2) is 6.54 Å². The first-order valence-corrected chi connectivity index (χ1v) is 4.39. The number of hydrogen-bond donors (Lipinski definition) is 0. The van der Waals surface area contributed by atoms with Gasteiger partial charge >= 0.3 is 0 Å². The summed E-state index contributed by atoms with van der Waals surface area (Å²) >= 11 is 0. The molecule has 0 saturated carbocycles. The Morgan fingerprint density at radius 3 is 2.79 bits per heavy atom. The molecule has 3 heteroatoms. The van der Waals surface area contributed by atoms with E-state index in [4.69, 9.17) is 5.26 Å². The maximum Gasteiger partial charge on any atom is 0.249 e. The Kier molecular flexibility index (Phi) is 2.28. The summed E-state index contributed by atoms with van der Waals surface area (Å²) in [5, 5.41) is 8.52. The lowest BCUT2D eigenvalue weighted by Gasteiger charge is -1.92. The highest BCUT2D eigenvalue weighted by Crippen LogP contribution is 2.03.